The molecule has 1 saturated heterocycles. The van der Waals surface area contributed by atoms with Crippen LogP contribution in [0, 0.1) is 0 Å². The van der Waals surface area contributed by atoms with Gasteiger partial charge in [0, 0.05) is 11.1 Å². The van der Waals surface area contributed by atoms with Gasteiger partial charge in [-0.2, -0.15) is 0 Å². The molecule has 2 aromatic carbocycles. The number of hydrogen-bond donors (Lipinski definition) is 2. The summed E-state index contributed by atoms with van der Waals surface area (Å²) in [6, 6.07) is 9.66. The third-order valence-electron chi connectivity index (χ3n) is 3.56. The summed E-state index contributed by atoms with van der Waals surface area (Å²) in [5, 5.41) is 20.9. The van der Waals surface area contributed by atoms with E-state index in [-0.39, 0.29) is 11.3 Å². The van der Waals surface area contributed by atoms with Gasteiger partial charge in [0.1, 0.15) is 11.8 Å². The third-order valence-corrected chi connectivity index (χ3v) is 4.57. The summed E-state index contributed by atoms with van der Waals surface area (Å²) in [5.74, 6) is -0.874. The molecule has 0 spiro atoms. The largest absolute Gasteiger partial charge is 0.506 e. The van der Waals surface area contributed by atoms with Gasteiger partial charge in [0.05, 0.1) is 11.4 Å². The van der Waals surface area contributed by atoms with E-state index in [1.165, 1.54) is 16.7 Å². The maximum absolute atomic E-state index is 12.5. The van der Waals surface area contributed by atoms with Crippen molar-refractivity contribution in [2.45, 2.75) is 6.04 Å². The molecule has 0 radical (unpaired) electrons. The number of carboxylic acid groups (broad SMARTS) is 1. The molecule has 5 nitrogen and oxygen atoms in total. The summed E-state index contributed by atoms with van der Waals surface area (Å²) in [5.41, 5.74) is 0.141. The van der Waals surface area contributed by atoms with E-state index in [2.05, 4.69) is 0 Å². The van der Waals surface area contributed by atoms with E-state index in [0.29, 0.717) is 17.0 Å². The predicted octanol–water partition coefficient (Wildman–Crippen LogP) is 2.15. The van der Waals surface area contributed by atoms with Gasteiger partial charge in [0.15, 0.2) is 0 Å². The zero-order chi connectivity index (χ0) is 15.0. The summed E-state index contributed by atoms with van der Waals surface area (Å²) >= 11 is 1.39. The van der Waals surface area contributed by atoms with Gasteiger partial charge in [0.2, 0.25) is 0 Å². The van der Waals surface area contributed by atoms with Gasteiger partial charge in [-0.25, -0.2) is 4.79 Å². The average Bonchev–Trinajstić information content (AvgIpc) is 2.97. The van der Waals surface area contributed by atoms with Crippen molar-refractivity contribution < 1.29 is 19.8 Å². The van der Waals surface area contributed by atoms with Crippen molar-refractivity contribution in [2.24, 2.45) is 0 Å². The molecule has 1 aliphatic heterocycles. The van der Waals surface area contributed by atoms with Crippen molar-refractivity contribution in [3.05, 3.63) is 42.0 Å². The Bertz CT molecular complexity index is 731. The highest BCUT2D eigenvalue weighted by atomic mass is 32.2. The quantitative estimate of drug-likeness (QED) is 0.889. The van der Waals surface area contributed by atoms with Crippen molar-refractivity contribution in [3.8, 4) is 5.75 Å². The highest BCUT2D eigenvalue weighted by Crippen LogP contribution is 2.31. The SMILES string of the molecule is O=C(O)[C@@H]1CSCN1C(=O)c1ccc2ccccc2c1O. The number of phenols is 1. The lowest BCUT2D eigenvalue weighted by Gasteiger charge is -2.21. The first-order chi connectivity index (χ1) is 10.1. The maximum Gasteiger partial charge on any atom is 0.327 e. The molecule has 6 heteroatoms. The van der Waals surface area contributed by atoms with E-state index in [1.807, 2.05) is 12.1 Å². The number of fused-ring (bicyclic) bond motifs is 1. The van der Waals surface area contributed by atoms with Crippen LogP contribution < -0.4 is 0 Å². The van der Waals surface area contributed by atoms with Gasteiger partial charge in [-0.3, -0.25) is 4.79 Å². The molecule has 108 valence electrons. The third kappa shape index (κ3) is 2.31. The van der Waals surface area contributed by atoms with E-state index in [4.69, 9.17) is 5.11 Å². The van der Waals surface area contributed by atoms with Crippen LogP contribution in [0.4, 0.5) is 0 Å². The summed E-state index contributed by atoms with van der Waals surface area (Å²) in [6.45, 7) is 0. The molecule has 1 atom stereocenters. The fraction of sp³-hybridized carbons (Fsp3) is 0.200. The lowest BCUT2D eigenvalue weighted by atomic mass is 10.0. The second-order valence-electron chi connectivity index (χ2n) is 4.81. The molecule has 0 aliphatic carbocycles. The Kier molecular flexibility index (Phi) is 3.47. The molecule has 1 fully saturated rings. The number of aromatic hydroxyl groups is 1. The molecule has 0 aromatic heterocycles. The van der Waals surface area contributed by atoms with Gasteiger partial charge in [0.25, 0.3) is 5.91 Å². The van der Waals surface area contributed by atoms with Gasteiger partial charge in [-0.15, -0.1) is 11.8 Å². The number of amides is 1. The van der Waals surface area contributed by atoms with E-state index in [9.17, 15) is 14.7 Å². The number of benzene rings is 2. The minimum absolute atomic E-state index is 0.0980. The van der Waals surface area contributed by atoms with Gasteiger partial charge in [-0.05, 0) is 11.5 Å². The van der Waals surface area contributed by atoms with Crippen LogP contribution in [0.5, 0.6) is 5.75 Å². The molecule has 21 heavy (non-hydrogen) atoms. The molecule has 2 aromatic rings. The average molecular weight is 303 g/mol. The van der Waals surface area contributed by atoms with Gasteiger partial charge in [-0.1, -0.05) is 30.3 Å². The van der Waals surface area contributed by atoms with Crippen LogP contribution in [0.3, 0.4) is 0 Å². The van der Waals surface area contributed by atoms with Crippen LogP contribution in [0.2, 0.25) is 0 Å². The summed E-state index contributed by atoms with van der Waals surface area (Å²) in [6.07, 6.45) is 0. The van der Waals surface area contributed by atoms with Crippen LogP contribution in [-0.4, -0.2) is 44.7 Å². The predicted molar refractivity (Wildman–Crippen MR) is 80.5 cm³/mol. The number of carbonyl (C=O) groups is 2. The molecule has 0 unspecified atom stereocenters. The number of carboxylic acids is 1. The first-order valence-electron chi connectivity index (χ1n) is 6.42. The van der Waals surface area contributed by atoms with Crippen molar-refractivity contribution >= 4 is 34.4 Å². The normalized spacial score (nSPS) is 18.1. The van der Waals surface area contributed by atoms with Gasteiger partial charge < -0.3 is 15.1 Å². The molecule has 2 N–H and O–H groups in total. The molecule has 1 aliphatic rings. The second-order valence-corrected chi connectivity index (χ2v) is 5.81. The molecular weight excluding hydrogens is 290 g/mol. The summed E-state index contributed by atoms with van der Waals surface area (Å²) in [7, 11) is 0. The smallest absolute Gasteiger partial charge is 0.327 e. The summed E-state index contributed by atoms with van der Waals surface area (Å²) in [4.78, 5) is 25.0. The second kappa shape index (κ2) is 5.29. The molecular formula is C15H13NO4S. The number of hydrogen-bond acceptors (Lipinski definition) is 4. The molecule has 1 heterocycles. The number of aliphatic carboxylic acids is 1. The van der Waals surface area contributed by atoms with Crippen LogP contribution in [0.25, 0.3) is 10.8 Å². The first-order valence-corrected chi connectivity index (χ1v) is 7.57. The number of phenolic OH excluding ortho intramolecular Hbond substituents is 1. The van der Waals surface area contributed by atoms with Crippen LogP contribution in [-0.2, 0) is 4.79 Å². The monoisotopic (exact) mass is 303 g/mol. The van der Waals surface area contributed by atoms with Crippen LogP contribution in [0.1, 0.15) is 10.4 Å². The summed E-state index contributed by atoms with van der Waals surface area (Å²) < 4.78 is 0. The fourth-order valence-corrected chi connectivity index (χ4v) is 3.57. The van der Waals surface area contributed by atoms with E-state index in [1.54, 1.807) is 24.3 Å². The van der Waals surface area contributed by atoms with Gasteiger partial charge >= 0.3 is 5.97 Å². The van der Waals surface area contributed by atoms with E-state index >= 15 is 0 Å². The van der Waals surface area contributed by atoms with Crippen LogP contribution in [0.15, 0.2) is 36.4 Å². The maximum atomic E-state index is 12.5. The Labute approximate surface area is 125 Å². The topological polar surface area (TPSA) is 77.8 Å². The van der Waals surface area contributed by atoms with Crippen molar-refractivity contribution in [3.63, 3.8) is 0 Å². The number of nitrogens with zero attached hydrogens (tertiary/aromatic N) is 1. The minimum Gasteiger partial charge on any atom is -0.506 e. The lowest BCUT2D eigenvalue weighted by molar-refractivity contribution is -0.140. The standard InChI is InChI=1S/C15H13NO4S/c17-13-10-4-2-1-3-9(10)5-6-11(13)14(18)16-8-21-7-12(16)15(19)20/h1-6,12,17H,7-8H2,(H,19,20)/t12-/m0/s1. The molecule has 0 saturated carbocycles. The highest BCUT2D eigenvalue weighted by molar-refractivity contribution is 7.99. The Morgan fingerprint density at radius 1 is 1.19 bits per heavy atom. The zero-order valence-electron chi connectivity index (χ0n) is 11.0. The highest BCUT2D eigenvalue weighted by Gasteiger charge is 2.35. The Morgan fingerprint density at radius 2 is 1.95 bits per heavy atom. The molecule has 3 rings (SSSR count). The number of carbonyl (C=O) groups excluding carboxylic acids is 1. The van der Waals surface area contributed by atoms with Crippen molar-refractivity contribution in [1.82, 2.24) is 4.90 Å². The lowest BCUT2D eigenvalue weighted by Crippen LogP contribution is -2.41. The molecule has 0 bridgehead atoms. The Balaban J connectivity index is 2.02. The van der Waals surface area contributed by atoms with E-state index in [0.717, 1.165) is 5.39 Å². The minimum atomic E-state index is -1.02. The van der Waals surface area contributed by atoms with E-state index < -0.39 is 17.9 Å². The van der Waals surface area contributed by atoms with Crippen molar-refractivity contribution in [2.75, 3.05) is 11.6 Å². The number of thioether (sulfide) groups is 1. The fourth-order valence-electron chi connectivity index (χ4n) is 2.43. The first kappa shape index (κ1) is 13.8. The number of rotatable bonds is 2. The van der Waals surface area contributed by atoms with Crippen LogP contribution >= 0.6 is 11.8 Å². The molecule has 1 amide bonds. The zero-order valence-corrected chi connectivity index (χ0v) is 11.8. The van der Waals surface area contributed by atoms with Crippen molar-refractivity contribution in [1.29, 1.82) is 0 Å². The Morgan fingerprint density at radius 3 is 2.71 bits per heavy atom. The Hall–Kier alpha value is -2.21.